The second-order valence-corrected chi connectivity index (χ2v) is 7.81. The predicted octanol–water partition coefficient (Wildman–Crippen LogP) is 2.55. The molecule has 1 aromatic heterocycles. The van der Waals surface area contributed by atoms with E-state index in [0.717, 1.165) is 12.1 Å². The highest BCUT2D eigenvalue weighted by Gasteiger charge is 2.37. The molecule has 1 aliphatic rings. The molecule has 9 heteroatoms. The third kappa shape index (κ3) is 4.29. The molecule has 1 aliphatic heterocycles. The van der Waals surface area contributed by atoms with Crippen molar-refractivity contribution >= 4 is 40.3 Å². The second-order valence-electron chi connectivity index (χ2n) is 6.19. The number of hydrogen-bond donors (Lipinski definition) is 2. The molecule has 2 heterocycles. The van der Waals surface area contributed by atoms with Gasteiger partial charge in [-0.15, -0.1) is 5.10 Å². The van der Waals surface area contributed by atoms with Crippen LogP contribution < -0.4 is 5.32 Å². The van der Waals surface area contributed by atoms with Crippen LogP contribution in [0.5, 0.6) is 0 Å². The average Bonchev–Trinajstić information content (AvgIpc) is 3.17. The Hall–Kier alpha value is -1.81. The zero-order chi connectivity index (χ0) is 18.7. The summed E-state index contributed by atoms with van der Waals surface area (Å²) in [6.07, 6.45) is 0.803. The monoisotopic (exact) mass is 394 g/mol. The normalized spacial score (nSPS) is 20.3. The lowest BCUT2D eigenvalue weighted by Crippen LogP contribution is -2.38. The van der Waals surface area contributed by atoms with Crippen molar-refractivity contribution in [3.63, 3.8) is 0 Å². The summed E-state index contributed by atoms with van der Waals surface area (Å²) in [4.78, 5) is 13.7. The van der Waals surface area contributed by atoms with Gasteiger partial charge in [-0.1, -0.05) is 30.4 Å². The Morgan fingerprint density at radius 1 is 1.46 bits per heavy atom. The average molecular weight is 395 g/mol. The van der Waals surface area contributed by atoms with E-state index in [0.29, 0.717) is 28.7 Å². The number of nitrogens with zero attached hydrogens (tertiary/aromatic N) is 3. The third-order valence-corrected chi connectivity index (χ3v) is 5.61. The summed E-state index contributed by atoms with van der Waals surface area (Å²) >= 11 is 6.77. The number of esters is 1. The summed E-state index contributed by atoms with van der Waals surface area (Å²) in [5.74, 6) is -0.349. The predicted molar refractivity (Wildman–Crippen MR) is 103 cm³/mol. The lowest BCUT2D eigenvalue weighted by Gasteiger charge is -2.21. The van der Waals surface area contributed by atoms with Gasteiger partial charge in [0.2, 0.25) is 5.13 Å². The maximum absolute atomic E-state index is 11.9. The Balaban J connectivity index is 1.71. The highest BCUT2D eigenvalue weighted by atomic mass is 32.1. The van der Waals surface area contributed by atoms with Gasteiger partial charge in [-0.05, 0) is 36.3 Å². The lowest BCUT2D eigenvalue weighted by molar-refractivity contribution is -0.146. The molecule has 0 aliphatic carbocycles. The van der Waals surface area contributed by atoms with Crippen LogP contribution in [-0.4, -0.2) is 51.6 Å². The van der Waals surface area contributed by atoms with Gasteiger partial charge in [-0.25, -0.2) is 4.68 Å². The maximum Gasteiger partial charge on any atom is 0.323 e. The molecule has 1 aromatic carbocycles. The number of aliphatic hydroxyl groups is 1. The van der Waals surface area contributed by atoms with Gasteiger partial charge in [0.15, 0.2) is 3.95 Å². The quantitative estimate of drug-likeness (QED) is 0.576. The topological polar surface area (TPSA) is 79.6 Å². The first-order valence-corrected chi connectivity index (χ1v) is 9.66. The number of carbonyl (C=O) groups is 1. The van der Waals surface area contributed by atoms with Crippen molar-refractivity contribution in [2.45, 2.75) is 38.6 Å². The number of aryl methyl sites for hydroxylation is 1. The molecule has 2 atom stereocenters. The van der Waals surface area contributed by atoms with Gasteiger partial charge >= 0.3 is 5.97 Å². The smallest absolute Gasteiger partial charge is 0.323 e. The van der Waals surface area contributed by atoms with Crippen molar-refractivity contribution in [2.75, 3.05) is 19.0 Å². The molecule has 0 spiro atoms. The van der Waals surface area contributed by atoms with Crippen LogP contribution in [0.3, 0.4) is 0 Å². The molecule has 140 valence electrons. The number of carbonyl (C=O) groups excluding carboxylic acids is 1. The van der Waals surface area contributed by atoms with E-state index < -0.39 is 12.1 Å². The number of methoxy groups -OCH3 is 1. The number of hydrogen-bond acceptors (Lipinski definition) is 8. The number of anilines is 2. The van der Waals surface area contributed by atoms with Crippen molar-refractivity contribution in [3.05, 3.63) is 33.8 Å². The van der Waals surface area contributed by atoms with Gasteiger partial charge in [-0.2, -0.15) is 0 Å². The molecule has 0 amide bonds. The van der Waals surface area contributed by atoms with E-state index >= 15 is 0 Å². The van der Waals surface area contributed by atoms with Crippen LogP contribution in [0, 0.1) is 3.95 Å². The second kappa shape index (κ2) is 8.26. The Kier molecular flexibility index (Phi) is 6.02. The molecule has 3 rings (SSSR count). The summed E-state index contributed by atoms with van der Waals surface area (Å²) in [6, 6.07) is 7.70. The minimum atomic E-state index is -0.554. The Morgan fingerprint density at radius 2 is 2.19 bits per heavy atom. The zero-order valence-corrected chi connectivity index (χ0v) is 16.3. The van der Waals surface area contributed by atoms with Crippen LogP contribution >= 0.6 is 23.6 Å². The number of aliphatic hydroxyl groups excluding tert-OH is 1. The number of β-amino-alcohol motifs (C(OH)–C–C–N with tert-alkyl or cyclic N) is 1. The van der Waals surface area contributed by atoms with E-state index in [1.807, 2.05) is 17.0 Å². The number of likely N-dealkylation sites (tertiary alicyclic amines) is 1. The number of ether oxygens (including phenoxy) is 1. The molecule has 0 radical (unpaired) electrons. The van der Waals surface area contributed by atoms with Crippen LogP contribution in [0.15, 0.2) is 24.3 Å². The fourth-order valence-electron chi connectivity index (χ4n) is 2.98. The minimum absolute atomic E-state index is 0.336. The molecule has 0 unspecified atom stereocenters. The van der Waals surface area contributed by atoms with Gasteiger partial charge in [0, 0.05) is 18.7 Å². The minimum Gasteiger partial charge on any atom is -0.468 e. The molecular formula is C17H22N4O3S2. The fraction of sp³-hybridized carbons (Fsp3) is 0.471. The highest BCUT2D eigenvalue weighted by molar-refractivity contribution is 7.73. The van der Waals surface area contributed by atoms with E-state index in [9.17, 15) is 9.90 Å². The van der Waals surface area contributed by atoms with Crippen LogP contribution in [0.2, 0.25) is 0 Å². The summed E-state index contributed by atoms with van der Waals surface area (Å²) in [5.41, 5.74) is 2.22. The molecule has 0 bridgehead atoms. The summed E-state index contributed by atoms with van der Waals surface area (Å²) in [5, 5.41) is 18.3. The van der Waals surface area contributed by atoms with E-state index in [2.05, 4.69) is 29.5 Å². The van der Waals surface area contributed by atoms with E-state index in [4.69, 9.17) is 17.0 Å². The summed E-state index contributed by atoms with van der Waals surface area (Å²) in [7, 11) is 1.35. The molecule has 26 heavy (non-hydrogen) atoms. The Morgan fingerprint density at radius 3 is 2.85 bits per heavy atom. The maximum atomic E-state index is 11.9. The molecule has 1 saturated heterocycles. The van der Waals surface area contributed by atoms with E-state index in [1.165, 1.54) is 24.0 Å². The van der Waals surface area contributed by atoms with Crippen LogP contribution in [0.4, 0.5) is 10.8 Å². The molecule has 2 aromatic rings. The summed E-state index contributed by atoms with van der Waals surface area (Å²) in [6.45, 7) is 2.84. The first-order chi connectivity index (χ1) is 12.5. The van der Waals surface area contributed by atoms with Crippen LogP contribution in [0.25, 0.3) is 0 Å². The van der Waals surface area contributed by atoms with Crippen molar-refractivity contribution < 1.29 is 14.6 Å². The number of aromatic nitrogens is 2. The van der Waals surface area contributed by atoms with Crippen LogP contribution in [0.1, 0.15) is 18.9 Å². The molecular weight excluding hydrogens is 372 g/mol. The Bertz CT molecular complexity index is 818. The number of nitrogens with one attached hydrogen (secondary N) is 1. The fourth-order valence-corrected chi connectivity index (χ4v) is 4.00. The number of rotatable bonds is 6. The molecule has 0 saturated carbocycles. The third-order valence-electron chi connectivity index (χ3n) is 4.39. The van der Waals surface area contributed by atoms with Crippen molar-refractivity contribution in [2.24, 2.45) is 0 Å². The first-order valence-electron chi connectivity index (χ1n) is 8.44. The molecule has 2 N–H and O–H groups in total. The Labute approximate surface area is 161 Å². The lowest BCUT2D eigenvalue weighted by atomic mass is 10.1. The van der Waals surface area contributed by atoms with Crippen molar-refractivity contribution in [1.29, 1.82) is 0 Å². The van der Waals surface area contributed by atoms with E-state index in [-0.39, 0.29) is 5.97 Å². The van der Waals surface area contributed by atoms with Crippen LogP contribution in [-0.2, 0) is 22.6 Å². The highest BCUT2D eigenvalue weighted by Crippen LogP contribution is 2.24. The largest absolute Gasteiger partial charge is 0.468 e. The van der Waals surface area contributed by atoms with Crippen molar-refractivity contribution in [3.8, 4) is 0 Å². The molecule has 7 nitrogen and oxygen atoms in total. The number of benzene rings is 1. The van der Waals surface area contributed by atoms with Crippen molar-refractivity contribution in [1.82, 2.24) is 14.7 Å². The standard InChI is InChI=1S/C17H22N4O3S2/c1-3-11-4-6-12(7-5-11)18-16-19-21(17(25)26-16)10-20-9-13(22)8-14(20)15(23)24-2/h4-7,13-14,22H,3,8-10H2,1-2H3,(H,18,19)/t13-,14-/m0/s1. The van der Waals surface area contributed by atoms with E-state index in [1.54, 1.807) is 4.68 Å². The van der Waals surface area contributed by atoms with Gasteiger partial charge in [-0.3, -0.25) is 9.69 Å². The van der Waals surface area contributed by atoms with Gasteiger partial charge in [0.25, 0.3) is 0 Å². The first kappa shape index (κ1) is 19.0. The summed E-state index contributed by atoms with van der Waals surface area (Å²) < 4.78 is 7.09. The van der Waals surface area contributed by atoms with Gasteiger partial charge in [0.1, 0.15) is 6.04 Å². The van der Waals surface area contributed by atoms with Gasteiger partial charge < -0.3 is 15.2 Å². The zero-order valence-electron chi connectivity index (χ0n) is 14.7. The molecule has 1 fully saturated rings. The van der Waals surface area contributed by atoms with Gasteiger partial charge in [0.05, 0.1) is 19.9 Å². The SMILES string of the molecule is CCc1ccc(Nc2nn(CN3C[C@@H](O)C[C@H]3C(=O)OC)c(=S)s2)cc1.